The van der Waals surface area contributed by atoms with Crippen molar-refractivity contribution in [2.24, 2.45) is 0 Å². The Hall–Kier alpha value is -3.42. The first kappa shape index (κ1) is 17.4. The molecular weight excluding hydrogens is 336 g/mol. The number of nitrogens with zero attached hydrogens (tertiary/aromatic N) is 3. The number of benzene rings is 1. The second kappa shape index (κ2) is 7.64. The molecule has 8 nitrogen and oxygen atoms in total. The highest BCUT2D eigenvalue weighted by atomic mass is 16.5. The maximum atomic E-state index is 12.2. The Labute approximate surface area is 149 Å². The normalized spacial score (nSPS) is 10.5. The number of methoxy groups -OCH3 is 1. The SMILES string of the molecule is COc1ccc(-c2cc(=O)n(CCNC(=O)c3cc(C)on3)cn2)cc1. The third kappa shape index (κ3) is 3.97. The number of nitrogens with one attached hydrogen (secondary N) is 1. The van der Waals surface area contributed by atoms with Gasteiger partial charge in [0.15, 0.2) is 5.69 Å². The molecule has 0 saturated heterocycles. The van der Waals surface area contributed by atoms with Crippen LogP contribution in [-0.2, 0) is 6.54 Å². The summed E-state index contributed by atoms with van der Waals surface area (Å²) in [5, 5.41) is 6.32. The molecule has 1 aromatic carbocycles. The molecule has 1 amide bonds. The third-order valence-electron chi connectivity index (χ3n) is 3.76. The highest BCUT2D eigenvalue weighted by Crippen LogP contribution is 2.19. The van der Waals surface area contributed by atoms with Gasteiger partial charge in [-0.1, -0.05) is 5.16 Å². The molecule has 0 atom stereocenters. The van der Waals surface area contributed by atoms with Gasteiger partial charge in [0.25, 0.3) is 11.5 Å². The van der Waals surface area contributed by atoms with Crippen LogP contribution in [0.5, 0.6) is 5.75 Å². The number of aromatic nitrogens is 3. The molecule has 0 bridgehead atoms. The quantitative estimate of drug-likeness (QED) is 0.722. The Morgan fingerprint density at radius 3 is 2.65 bits per heavy atom. The summed E-state index contributed by atoms with van der Waals surface area (Å²) >= 11 is 0. The standard InChI is InChI=1S/C18H18N4O4/c1-12-9-16(21-26-12)18(24)19-7-8-22-11-20-15(10-17(22)23)13-3-5-14(25-2)6-4-13/h3-6,9-11H,7-8H2,1-2H3,(H,19,24). The van der Waals surface area contributed by atoms with Crippen LogP contribution in [0, 0.1) is 6.92 Å². The molecular formula is C18H18N4O4. The lowest BCUT2D eigenvalue weighted by Gasteiger charge is -2.08. The van der Waals surface area contributed by atoms with Crippen molar-refractivity contribution in [1.82, 2.24) is 20.0 Å². The largest absolute Gasteiger partial charge is 0.497 e. The molecule has 0 unspecified atom stereocenters. The Balaban J connectivity index is 1.62. The van der Waals surface area contributed by atoms with Crippen LogP contribution >= 0.6 is 0 Å². The smallest absolute Gasteiger partial charge is 0.273 e. The second-order valence-corrected chi connectivity index (χ2v) is 5.61. The van der Waals surface area contributed by atoms with Crippen molar-refractivity contribution in [3.63, 3.8) is 0 Å². The van der Waals surface area contributed by atoms with Gasteiger partial charge in [-0.05, 0) is 31.2 Å². The molecule has 3 rings (SSSR count). The van der Waals surface area contributed by atoms with Crippen LogP contribution in [0.25, 0.3) is 11.3 Å². The zero-order valence-corrected chi connectivity index (χ0v) is 14.4. The molecule has 0 radical (unpaired) electrons. The minimum absolute atomic E-state index is 0.197. The first-order valence-electron chi connectivity index (χ1n) is 7.99. The molecule has 2 aromatic heterocycles. The van der Waals surface area contributed by atoms with Gasteiger partial charge >= 0.3 is 0 Å². The molecule has 0 spiro atoms. The van der Waals surface area contributed by atoms with Gasteiger partial charge in [-0.2, -0.15) is 0 Å². The number of carbonyl (C=O) groups excluding carboxylic acids is 1. The summed E-state index contributed by atoms with van der Waals surface area (Å²) in [5.41, 5.74) is 1.42. The van der Waals surface area contributed by atoms with Gasteiger partial charge in [0.2, 0.25) is 0 Å². The lowest BCUT2D eigenvalue weighted by molar-refractivity contribution is 0.0943. The topological polar surface area (TPSA) is 99.2 Å². The molecule has 1 N–H and O–H groups in total. The maximum Gasteiger partial charge on any atom is 0.273 e. The predicted molar refractivity (Wildman–Crippen MR) is 94.1 cm³/mol. The van der Waals surface area contributed by atoms with E-state index >= 15 is 0 Å². The molecule has 0 aliphatic carbocycles. The molecule has 3 aromatic rings. The molecule has 0 aliphatic heterocycles. The molecule has 0 saturated carbocycles. The molecule has 2 heterocycles. The van der Waals surface area contributed by atoms with Crippen LogP contribution in [0.4, 0.5) is 0 Å². The van der Waals surface area contributed by atoms with Crippen LogP contribution in [0.1, 0.15) is 16.2 Å². The third-order valence-corrected chi connectivity index (χ3v) is 3.76. The summed E-state index contributed by atoms with van der Waals surface area (Å²) in [6, 6.07) is 10.3. The van der Waals surface area contributed by atoms with Crippen molar-refractivity contribution >= 4 is 5.91 Å². The van der Waals surface area contributed by atoms with Crippen molar-refractivity contribution < 1.29 is 14.1 Å². The van der Waals surface area contributed by atoms with Gasteiger partial charge in [0, 0.05) is 30.8 Å². The average Bonchev–Trinajstić information content (AvgIpc) is 3.09. The first-order chi connectivity index (χ1) is 12.6. The van der Waals surface area contributed by atoms with Crippen molar-refractivity contribution in [1.29, 1.82) is 0 Å². The van der Waals surface area contributed by atoms with Crippen LogP contribution in [0.3, 0.4) is 0 Å². The highest BCUT2D eigenvalue weighted by molar-refractivity contribution is 5.92. The van der Waals surface area contributed by atoms with Crippen molar-refractivity contribution in [2.45, 2.75) is 13.5 Å². The molecule has 0 aliphatic rings. The van der Waals surface area contributed by atoms with Gasteiger partial charge in [-0.3, -0.25) is 14.2 Å². The molecule has 8 heteroatoms. The number of carbonyl (C=O) groups is 1. The summed E-state index contributed by atoms with van der Waals surface area (Å²) in [4.78, 5) is 28.4. The van der Waals surface area contributed by atoms with E-state index < -0.39 is 0 Å². The summed E-state index contributed by atoms with van der Waals surface area (Å²) in [6.07, 6.45) is 1.47. The van der Waals surface area contributed by atoms with Crippen LogP contribution in [-0.4, -0.2) is 34.3 Å². The molecule has 26 heavy (non-hydrogen) atoms. The van der Waals surface area contributed by atoms with E-state index in [9.17, 15) is 9.59 Å². The first-order valence-corrected chi connectivity index (χ1v) is 7.99. The van der Waals surface area contributed by atoms with Crippen molar-refractivity contribution in [3.05, 3.63) is 64.5 Å². The summed E-state index contributed by atoms with van der Waals surface area (Å²) in [5.74, 6) is 0.947. The van der Waals surface area contributed by atoms with E-state index in [0.29, 0.717) is 18.0 Å². The van der Waals surface area contributed by atoms with E-state index in [0.717, 1.165) is 11.3 Å². The number of hydrogen-bond acceptors (Lipinski definition) is 6. The van der Waals surface area contributed by atoms with E-state index in [2.05, 4.69) is 15.5 Å². The number of hydrogen-bond donors (Lipinski definition) is 1. The molecule has 0 fully saturated rings. The minimum Gasteiger partial charge on any atom is -0.497 e. The van der Waals surface area contributed by atoms with Crippen LogP contribution in [0.2, 0.25) is 0 Å². The fraction of sp³-hybridized carbons (Fsp3) is 0.222. The zero-order valence-electron chi connectivity index (χ0n) is 14.4. The van der Waals surface area contributed by atoms with Gasteiger partial charge in [0.1, 0.15) is 11.5 Å². The lowest BCUT2D eigenvalue weighted by Crippen LogP contribution is -2.31. The van der Waals surface area contributed by atoms with E-state index in [1.54, 1.807) is 20.1 Å². The Morgan fingerprint density at radius 2 is 2.04 bits per heavy atom. The van der Waals surface area contributed by atoms with Crippen molar-refractivity contribution in [2.75, 3.05) is 13.7 Å². The predicted octanol–water partition coefficient (Wildman–Crippen LogP) is 1.65. The fourth-order valence-electron chi connectivity index (χ4n) is 2.37. The summed E-state index contributed by atoms with van der Waals surface area (Å²) in [6.45, 7) is 2.28. The maximum absolute atomic E-state index is 12.2. The summed E-state index contributed by atoms with van der Waals surface area (Å²) in [7, 11) is 1.59. The van der Waals surface area contributed by atoms with Gasteiger partial charge in [-0.25, -0.2) is 4.98 Å². The monoisotopic (exact) mass is 354 g/mol. The van der Waals surface area contributed by atoms with Gasteiger partial charge in [-0.15, -0.1) is 0 Å². The molecule has 134 valence electrons. The number of aryl methyl sites for hydroxylation is 1. The second-order valence-electron chi connectivity index (χ2n) is 5.61. The average molecular weight is 354 g/mol. The zero-order chi connectivity index (χ0) is 18.5. The minimum atomic E-state index is -0.349. The van der Waals surface area contributed by atoms with Gasteiger partial charge in [0.05, 0.1) is 19.1 Å². The lowest BCUT2D eigenvalue weighted by atomic mass is 10.1. The van der Waals surface area contributed by atoms with Gasteiger partial charge < -0.3 is 14.6 Å². The van der Waals surface area contributed by atoms with Crippen LogP contribution < -0.4 is 15.6 Å². The van der Waals surface area contributed by atoms with E-state index in [-0.39, 0.29) is 23.7 Å². The van der Waals surface area contributed by atoms with Crippen molar-refractivity contribution in [3.8, 4) is 17.0 Å². The summed E-state index contributed by atoms with van der Waals surface area (Å²) < 4.78 is 11.4. The Bertz CT molecular complexity index is 960. The highest BCUT2D eigenvalue weighted by Gasteiger charge is 2.10. The fourth-order valence-corrected chi connectivity index (χ4v) is 2.37. The number of amides is 1. The number of ether oxygens (including phenoxy) is 1. The van der Waals surface area contributed by atoms with Crippen LogP contribution in [0.15, 0.2) is 52.0 Å². The van der Waals surface area contributed by atoms with E-state index in [1.165, 1.54) is 17.0 Å². The Kier molecular flexibility index (Phi) is 5.12. The number of rotatable bonds is 6. The Morgan fingerprint density at radius 1 is 1.27 bits per heavy atom. The van der Waals surface area contributed by atoms with E-state index in [4.69, 9.17) is 9.26 Å². The van der Waals surface area contributed by atoms with E-state index in [1.807, 2.05) is 24.3 Å².